The van der Waals surface area contributed by atoms with Crippen LogP contribution >= 0.6 is 0 Å². The van der Waals surface area contributed by atoms with E-state index in [1.807, 2.05) is 12.3 Å². The molecule has 0 amide bonds. The number of fused-ring (bicyclic) bond motifs is 2. The molecule has 5 rings (SSSR count). The van der Waals surface area contributed by atoms with Gasteiger partial charge in [0.05, 0.1) is 57.2 Å². The van der Waals surface area contributed by atoms with E-state index in [1.54, 1.807) is 6.33 Å². The molecule has 2 aromatic heterocycles. The minimum absolute atomic E-state index is 0.0390. The molecule has 5 N–H and O–H groups in total. The van der Waals surface area contributed by atoms with Crippen molar-refractivity contribution in [2.75, 3.05) is 51.5 Å². The predicted octanol–water partition coefficient (Wildman–Crippen LogP) is 2.08. The van der Waals surface area contributed by atoms with Crippen molar-refractivity contribution in [1.82, 2.24) is 14.5 Å². The van der Waals surface area contributed by atoms with Crippen LogP contribution in [0.2, 0.25) is 0 Å². The average molecular weight is 575 g/mol. The van der Waals surface area contributed by atoms with E-state index in [4.69, 9.17) is 29.3 Å². The lowest BCUT2D eigenvalue weighted by Gasteiger charge is -2.19. The van der Waals surface area contributed by atoms with Gasteiger partial charge in [-0.2, -0.15) is 8.42 Å². The van der Waals surface area contributed by atoms with Gasteiger partial charge in [-0.05, 0) is 42.9 Å². The maximum absolute atomic E-state index is 11.5. The summed E-state index contributed by atoms with van der Waals surface area (Å²) in [6, 6.07) is 10.8. The normalized spacial score (nSPS) is 22.6. The minimum atomic E-state index is -4.06. The van der Waals surface area contributed by atoms with Gasteiger partial charge in [0.1, 0.15) is 17.8 Å². The molecule has 0 bridgehead atoms. The van der Waals surface area contributed by atoms with E-state index in [0.717, 1.165) is 29.7 Å². The van der Waals surface area contributed by atoms with Gasteiger partial charge < -0.3 is 29.8 Å². The molecule has 12 nitrogen and oxygen atoms in total. The van der Waals surface area contributed by atoms with Gasteiger partial charge in [-0.25, -0.2) is 15.1 Å². The van der Waals surface area contributed by atoms with Crippen molar-refractivity contribution in [3.63, 3.8) is 0 Å². The lowest BCUT2D eigenvalue weighted by Crippen LogP contribution is -2.27. The maximum Gasteiger partial charge on any atom is 0.333 e. The number of aryl methyl sites for hydroxylation is 1. The summed E-state index contributed by atoms with van der Waals surface area (Å²) in [5, 5.41) is 9.69. The Morgan fingerprint density at radius 3 is 2.65 bits per heavy atom. The molecule has 3 aromatic rings. The second-order valence-corrected chi connectivity index (χ2v) is 11.4. The van der Waals surface area contributed by atoms with E-state index in [-0.39, 0.29) is 30.7 Å². The smallest absolute Gasteiger partial charge is 0.333 e. The summed E-state index contributed by atoms with van der Waals surface area (Å²) in [7, 11) is -4.06. The van der Waals surface area contributed by atoms with Gasteiger partial charge in [-0.3, -0.25) is 4.18 Å². The van der Waals surface area contributed by atoms with Crippen LogP contribution in [0.15, 0.2) is 42.9 Å². The topological polar surface area (TPSA) is 166 Å². The highest BCUT2D eigenvalue weighted by molar-refractivity contribution is 7.84. The van der Waals surface area contributed by atoms with Crippen LogP contribution in [-0.4, -0.2) is 75.2 Å². The van der Waals surface area contributed by atoms with Crippen molar-refractivity contribution in [2.24, 2.45) is 16.8 Å². The third kappa shape index (κ3) is 7.16. The molecule has 0 aliphatic heterocycles. The maximum atomic E-state index is 11.5. The Labute approximate surface area is 234 Å². The summed E-state index contributed by atoms with van der Waals surface area (Å²) >= 11 is 0. The van der Waals surface area contributed by atoms with Crippen LogP contribution < -0.4 is 16.2 Å². The quantitative estimate of drug-likeness (QED) is 0.229. The molecule has 2 heterocycles. The third-order valence-electron chi connectivity index (χ3n) is 7.59. The predicted molar refractivity (Wildman–Crippen MR) is 150 cm³/mol. The Bertz CT molecular complexity index is 1370. The molecule has 1 fully saturated rings. The van der Waals surface area contributed by atoms with E-state index in [9.17, 15) is 8.42 Å². The molecule has 1 saturated carbocycles. The van der Waals surface area contributed by atoms with E-state index in [1.165, 1.54) is 11.1 Å². The highest BCUT2D eigenvalue weighted by atomic mass is 32.2. The van der Waals surface area contributed by atoms with Crippen molar-refractivity contribution in [2.45, 2.75) is 43.9 Å². The molecule has 4 atom stereocenters. The standard InChI is InChI=1S/C27H38N6O6S/c28-8-10-36-11-12-37-13-14-38-25-16-21(15-20(25)17-39-40(29,34)35)33-9-7-23-26(30-18-31-27(23)33)32-24-6-5-19-3-1-2-4-22(19)24/h1-4,7,9,18,20-21,24-25H,5-6,8,10-17,28H2,(H2,29,34,35)(H,30,31,32). The lowest BCUT2D eigenvalue weighted by atomic mass is 10.1. The van der Waals surface area contributed by atoms with Crippen LogP contribution in [-0.2, 0) is 35.1 Å². The molecule has 0 saturated heterocycles. The van der Waals surface area contributed by atoms with Gasteiger partial charge in [-0.15, -0.1) is 0 Å². The number of nitrogens with two attached hydrogens (primary N) is 2. The van der Waals surface area contributed by atoms with Crippen LogP contribution in [0.1, 0.15) is 42.5 Å². The fourth-order valence-electron chi connectivity index (χ4n) is 5.76. The monoisotopic (exact) mass is 574 g/mol. The fourth-order valence-corrected chi connectivity index (χ4v) is 6.13. The molecule has 218 valence electrons. The van der Waals surface area contributed by atoms with Gasteiger partial charge in [0.2, 0.25) is 0 Å². The average Bonchev–Trinajstić information content (AvgIpc) is 3.66. The first-order chi connectivity index (χ1) is 19.4. The van der Waals surface area contributed by atoms with Gasteiger partial charge in [0.15, 0.2) is 0 Å². The van der Waals surface area contributed by atoms with Crippen molar-refractivity contribution >= 4 is 27.2 Å². The molecule has 2 aliphatic rings. The Kier molecular flexibility index (Phi) is 9.63. The Morgan fingerprint density at radius 2 is 1.82 bits per heavy atom. The molecular formula is C27H38N6O6S. The first-order valence-corrected chi connectivity index (χ1v) is 15.2. The number of ether oxygens (including phenoxy) is 3. The van der Waals surface area contributed by atoms with Crippen molar-refractivity contribution in [3.8, 4) is 0 Å². The largest absolute Gasteiger partial charge is 0.378 e. The summed E-state index contributed by atoms with van der Waals surface area (Å²) in [6.07, 6.45) is 6.76. The van der Waals surface area contributed by atoms with Crippen molar-refractivity contribution in [3.05, 3.63) is 54.0 Å². The molecule has 0 spiro atoms. The number of benzene rings is 1. The van der Waals surface area contributed by atoms with E-state index >= 15 is 0 Å². The second-order valence-electron chi connectivity index (χ2n) is 10.2. The second kappa shape index (κ2) is 13.3. The van der Waals surface area contributed by atoms with Crippen LogP contribution in [0.25, 0.3) is 11.0 Å². The Balaban J connectivity index is 1.25. The summed E-state index contributed by atoms with van der Waals surface area (Å²) in [6.45, 7) is 2.62. The van der Waals surface area contributed by atoms with E-state index in [2.05, 4.69) is 44.1 Å². The first-order valence-electron chi connectivity index (χ1n) is 13.7. The zero-order valence-corrected chi connectivity index (χ0v) is 23.3. The Hall–Kier alpha value is -2.65. The van der Waals surface area contributed by atoms with E-state index in [0.29, 0.717) is 52.4 Å². The molecule has 1 aromatic carbocycles. The zero-order valence-electron chi connectivity index (χ0n) is 22.5. The van der Waals surface area contributed by atoms with Gasteiger partial charge in [0, 0.05) is 24.7 Å². The molecule has 4 unspecified atom stereocenters. The summed E-state index contributed by atoms with van der Waals surface area (Å²) < 4.78 is 47.1. The highest BCUT2D eigenvalue weighted by Crippen LogP contribution is 2.40. The highest BCUT2D eigenvalue weighted by Gasteiger charge is 2.37. The molecule has 13 heteroatoms. The number of nitrogens with one attached hydrogen (secondary N) is 1. The Morgan fingerprint density at radius 1 is 1.02 bits per heavy atom. The molecule has 2 aliphatic carbocycles. The van der Waals surface area contributed by atoms with Crippen molar-refractivity contribution < 1.29 is 26.8 Å². The summed E-state index contributed by atoms with van der Waals surface area (Å²) in [5.74, 6) is 0.640. The molecule has 40 heavy (non-hydrogen) atoms. The van der Waals surface area contributed by atoms with Gasteiger partial charge in [-0.1, -0.05) is 24.3 Å². The number of nitrogens with zero attached hydrogens (tertiary/aromatic N) is 3. The number of hydrogen-bond acceptors (Lipinski definition) is 10. The number of rotatable bonds is 15. The zero-order chi connectivity index (χ0) is 28.0. The third-order valence-corrected chi connectivity index (χ3v) is 8.06. The van der Waals surface area contributed by atoms with Gasteiger partial charge >= 0.3 is 10.3 Å². The van der Waals surface area contributed by atoms with Crippen LogP contribution in [0, 0.1) is 5.92 Å². The number of aromatic nitrogens is 3. The van der Waals surface area contributed by atoms with E-state index < -0.39 is 10.3 Å². The number of hydrogen-bond donors (Lipinski definition) is 3. The summed E-state index contributed by atoms with van der Waals surface area (Å²) in [4.78, 5) is 9.16. The fraction of sp³-hybridized carbons (Fsp3) is 0.556. The number of anilines is 1. The van der Waals surface area contributed by atoms with Crippen LogP contribution in [0.4, 0.5) is 5.82 Å². The van der Waals surface area contributed by atoms with Crippen LogP contribution in [0.5, 0.6) is 0 Å². The SMILES string of the molecule is NCCOCCOCCOC1CC(n2ccc3c(NC4CCc5ccccc54)ncnc32)CC1COS(N)(=O)=O. The van der Waals surface area contributed by atoms with Crippen LogP contribution in [0.3, 0.4) is 0 Å². The molecular weight excluding hydrogens is 536 g/mol. The lowest BCUT2D eigenvalue weighted by molar-refractivity contribution is -0.0282. The van der Waals surface area contributed by atoms with Gasteiger partial charge in [0.25, 0.3) is 0 Å². The van der Waals surface area contributed by atoms with Crippen molar-refractivity contribution in [1.29, 1.82) is 0 Å². The molecule has 0 radical (unpaired) electrons. The first kappa shape index (κ1) is 28.9. The summed E-state index contributed by atoms with van der Waals surface area (Å²) in [5.41, 5.74) is 8.91. The minimum Gasteiger partial charge on any atom is -0.378 e.